The van der Waals surface area contributed by atoms with Gasteiger partial charge >= 0.3 is 0 Å². The van der Waals surface area contributed by atoms with Crippen molar-refractivity contribution >= 4 is 17.5 Å². The predicted molar refractivity (Wildman–Crippen MR) is 93.8 cm³/mol. The molecule has 0 saturated carbocycles. The molecule has 0 bridgehead atoms. The van der Waals surface area contributed by atoms with Gasteiger partial charge in [0.1, 0.15) is 11.9 Å². The van der Waals surface area contributed by atoms with Crippen molar-refractivity contribution in [1.29, 1.82) is 0 Å². The number of tetrazole rings is 1. The van der Waals surface area contributed by atoms with Gasteiger partial charge in [-0.05, 0) is 35.5 Å². The number of fused-ring (bicyclic) bond motifs is 1. The van der Waals surface area contributed by atoms with Gasteiger partial charge in [-0.1, -0.05) is 41.5 Å². The SMILES string of the molecule is CC1=C(C(=O)Nc2ccccc2)[C@@H](c2ccccc2F)n2nnnc2N1. The number of nitrogens with one attached hydrogen (secondary N) is 2. The quantitative estimate of drug-likeness (QED) is 0.759. The molecule has 1 amide bonds. The van der Waals surface area contributed by atoms with Crippen molar-refractivity contribution in [1.82, 2.24) is 20.2 Å². The second-order valence-corrected chi connectivity index (χ2v) is 5.85. The van der Waals surface area contributed by atoms with Crippen molar-refractivity contribution in [2.24, 2.45) is 0 Å². The zero-order chi connectivity index (χ0) is 18.1. The summed E-state index contributed by atoms with van der Waals surface area (Å²) in [6.07, 6.45) is 0. The molecule has 4 rings (SSSR count). The third kappa shape index (κ3) is 2.71. The molecule has 0 spiro atoms. The summed E-state index contributed by atoms with van der Waals surface area (Å²) in [6, 6.07) is 14.6. The fourth-order valence-corrected chi connectivity index (χ4v) is 3.01. The van der Waals surface area contributed by atoms with Gasteiger partial charge in [0.05, 0.1) is 5.57 Å². The van der Waals surface area contributed by atoms with Crippen molar-refractivity contribution in [3.63, 3.8) is 0 Å². The van der Waals surface area contributed by atoms with Gasteiger partial charge in [0, 0.05) is 16.9 Å². The number of carbonyl (C=O) groups is 1. The number of benzene rings is 2. The molecule has 0 aliphatic carbocycles. The molecular formula is C18H15FN6O. The minimum Gasteiger partial charge on any atom is -0.326 e. The summed E-state index contributed by atoms with van der Waals surface area (Å²) in [5.74, 6) is -0.429. The van der Waals surface area contributed by atoms with E-state index in [1.807, 2.05) is 18.2 Å². The molecule has 0 fully saturated rings. The first-order valence-corrected chi connectivity index (χ1v) is 8.01. The maximum atomic E-state index is 14.5. The molecule has 0 unspecified atom stereocenters. The Balaban J connectivity index is 1.80. The highest BCUT2D eigenvalue weighted by atomic mass is 19.1. The van der Waals surface area contributed by atoms with E-state index < -0.39 is 11.9 Å². The Kier molecular flexibility index (Phi) is 3.92. The molecule has 1 atom stereocenters. The average Bonchev–Trinajstić information content (AvgIpc) is 3.10. The number of amides is 1. The van der Waals surface area contributed by atoms with Gasteiger partial charge in [0.15, 0.2) is 0 Å². The van der Waals surface area contributed by atoms with Crippen LogP contribution in [0.3, 0.4) is 0 Å². The van der Waals surface area contributed by atoms with Gasteiger partial charge in [0.2, 0.25) is 5.95 Å². The highest BCUT2D eigenvalue weighted by Crippen LogP contribution is 2.35. The summed E-state index contributed by atoms with van der Waals surface area (Å²) in [5, 5.41) is 17.3. The van der Waals surface area contributed by atoms with E-state index in [2.05, 4.69) is 26.2 Å². The van der Waals surface area contributed by atoms with Crippen LogP contribution in [0.5, 0.6) is 0 Å². The highest BCUT2D eigenvalue weighted by Gasteiger charge is 2.35. The zero-order valence-electron chi connectivity index (χ0n) is 13.8. The van der Waals surface area contributed by atoms with Crippen LogP contribution in [0.15, 0.2) is 65.9 Å². The molecule has 8 heteroatoms. The Hall–Kier alpha value is -3.55. The Morgan fingerprint density at radius 3 is 2.65 bits per heavy atom. The number of allylic oxidation sites excluding steroid dienone is 1. The number of hydrogen-bond acceptors (Lipinski definition) is 5. The van der Waals surface area contributed by atoms with E-state index in [0.29, 0.717) is 28.5 Å². The third-order valence-corrected chi connectivity index (χ3v) is 4.19. The number of carbonyl (C=O) groups excluding carboxylic acids is 1. The molecule has 3 aromatic rings. The van der Waals surface area contributed by atoms with E-state index in [1.165, 1.54) is 10.7 Å². The van der Waals surface area contributed by atoms with Gasteiger partial charge < -0.3 is 10.6 Å². The smallest absolute Gasteiger partial charge is 0.255 e. The van der Waals surface area contributed by atoms with Crippen LogP contribution in [0, 0.1) is 5.82 Å². The fourth-order valence-electron chi connectivity index (χ4n) is 3.01. The van der Waals surface area contributed by atoms with Crippen molar-refractivity contribution in [2.45, 2.75) is 13.0 Å². The maximum absolute atomic E-state index is 14.5. The third-order valence-electron chi connectivity index (χ3n) is 4.19. The van der Waals surface area contributed by atoms with Gasteiger partial charge in [-0.15, -0.1) is 0 Å². The lowest BCUT2D eigenvalue weighted by Crippen LogP contribution is -2.32. The number of para-hydroxylation sites is 1. The first kappa shape index (κ1) is 15.9. The monoisotopic (exact) mass is 350 g/mol. The number of aromatic nitrogens is 4. The van der Waals surface area contributed by atoms with E-state index in [4.69, 9.17) is 0 Å². The number of rotatable bonds is 3. The molecular weight excluding hydrogens is 335 g/mol. The largest absolute Gasteiger partial charge is 0.326 e. The Morgan fingerprint density at radius 2 is 1.88 bits per heavy atom. The van der Waals surface area contributed by atoms with Crippen molar-refractivity contribution in [3.05, 3.63) is 77.2 Å². The number of anilines is 2. The van der Waals surface area contributed by atoms with E-state index in [1.54, 1.807) is 37.3 Å². The Morgan fingerprint density at radius 1 is 1.15 bits per heavy atom. The Labute approximate surface area is 148 Å². The van der Waals surface area contributed by atoms with Gasteiger partial charge in [0.25, 0.3) is 5.91 Å². The van der Waals surface area contributed by atoms with E-state index in [9.17, 15) is 9.18 Å². The van der Waals surface area contributed by atoms with E-state index in [0.717, 1.165) is 0 Å². The standard InChI is InChI=1S/C18H15FN6O/c1-11-15(17(26)21-12-7-3-2-4-8-12)16(13-9-5-6-10-14(13)19)25-18(20-11)22-23-24-25/h2-10,16H,1H3,(H,21,26)(H,20,22,24)/t16-/m1/s1. The van der Waals surface area contributed by atoms with Crippen LogP contribution in [0.2, 0.25) is 0 Å². The fraction of sp³-hybridized carbons (Fsp3) is 0.111. The van der Waals surface area contributed by atoms with Crippen LogP contribution >= 0.6 is 0 Å². The van der Waals surface area contributed by atoms with Crippen molar-refractivity contribution in [3.8, 4) is 0 Å². The predicted octanol–water partition coefficient (Wildman–Crippen LogP) is 2.74. The number of hydrogen-bond donors (Lipinski definition) is 2. The lowest BCUT2D eigenvalue weighted by molar-refractivity contribution is -0.113. The minimum absolute atomic E-state index is 0.320. The molecule has 2 N–H and O–H groups in total. The minimum atomic E-state index is -0.772. The van der Waals surface area contributed by atoms with Crippen molar-refractivity contribution in [2.75, 3.05) is 10.6 Å². The first-order chi connectivity index (χ1) is 12.6. The van der Waals surface area contributed by atoms with Crippen LogP contribution in [0.4, 0.5) is 16.0 Å². The van der Waals surface area contributed by atoms with Crippen molar-refractivity contribution < 1.29 is 9.18 Å². The van der Waals surface area contributed by atoms with Crippen LogP contribution in [0.1, 0.15) is 18.5 Å². The second-order valence-electron chi connectivity index (χ2n) is 5.85. The molecule has 130 valence electrons. The summed E-state index contributed by atoms with van der Waals surface area (Å²) in [4.78, 5) is 13.0. The zero-order valence-corrected chi connectivity index (χ0v) is 13.8. The Bertz CT molecular complexity index is 998. The van der Waals surface area contributed by atoms with Crippen LogP contribution in [-0.4, -0.2) is 26.1 Å². The summed E-state index contributed by atoms with van der Waals surface area (Å²) in [7, 11) is 0. The summed E-state index contributed by atoms with van der Waals surface area (Å²) < 4.78 is 15.9. The van der Waals surface area contributed by atoms with Crippen LogP contribution < -0.4 is 10.6 Å². The lowest BCUT2D eigenvalue weighted by atomic mass is 9.94. The van der Waals surface area contributed by atoms with Crippen LogP contribution in [-0.2, 0) is 4.79 Å². The van der Waals surface area contributed by atoms with E-state index in [-0.39, 0.29) is 5.91 Å². The molecule has 1 aliphatic heterocycles. The molecule has 1 aliphatic rings. The lowest BCUT2D eigenvalue weighted by Gasteiger charge is -2.28. The highest BCUT2D eigenvalue weighted by molar-refractivity contribution is 6.06. The number of nitrogens with zero attached hydrogens (tertiary/aromatic N) is 4. The van der Waals surface area contributed by atoms with E-state index >= 15 is 0 Å². The maximum Gasteiger partial charge on any atom is 0.255 e. The topological polar surface area (TPSA) is 84.7 Å². The summed E-state index contributed by atoms with van der Waals surface area (Å²) in [6.45, 7) is 1.74. The molecule has 2 heterocycles. The first-order valence-electron chi connectivity index (χ1n) is 8.01. The van der Waals surface area contributed by atoms with Gasteiger partial charge in [-0.25, -0.2) is 4.39 Å². The molecule has 2 aromatic carbocycles. The summed E-state index contributed by atoms with van der Waals surface area (Å²) >= 11 is 0. The van der Waals surface area contributed by atoms with Gasteiger partial charge in [-0.2, -0.15) is 4.68 Å². The normalized spacial score (nSPS) is 16.0. The number of halogens is 1. The molecule has 7 nitrogen and oxygen atoms in total. The molecule has 26 heavy (non-hydrogen) atoms. The van der Waals surface area contributed by atoms with Crippen LogP contribution in [0.25, 0.3) is 0 Å². The summed E-state index contributed by atoms with van der Waals surface area (Å²) in [5.41, 5.74) is 1.88. The molecule has 1 aromatic heterocycles. The molecule has 0 saturated heterocycles. The second kappa shape index (κ2) is 6.40. The van der Waals surface area contributed by atoms with Gasteiger partial charge in [-0.3, -0.25) is 4.79 Å². The average molecular weight is 350 g/mol. The molecule has 0 radical (unpaired) electrons.